The molecule has 0 aliphatic heterocycles. The van der Waals surface area contributed by atoms with Crippen molar-refractivity contribution in [2.75, 3.05) is 0 Å². The molecule has 2 aromatic heterocycles. The Morgan fingerprint density at radius 2 is 1.92 bits per heavy atom. The molecule has 0 bridgehead atoms. The van der Waals surface area contributed by atoms with Gasteiger partial charge in [0, 0.05) is 28.5 Å². The highest BCUT2D eigenvalue weighted by Crippen LogP contribution is 2.30. The van der Waals surface area contributed by atoms with E-state index in [1.807, 2.05) is 0 Å². The van der Waals surface area contributed by atoms with E-state index in [9.17, 15) is 13.6 Å². The smallest absolute Gasteiger partial charge is 0.193 e. The van der Waals surface area contributed by atoms with Crippen molar-refractivity contribution in [3.05, 3.63) is 75.7 Å². The van der Waals surface area contributed by atoms with Crippen molar-refractivity contribution in [3.63, 3.8) is 0 Å². The molecule has 4 nitrogen and oxygen atoms in total. The van der Waals surface area contributed by atoms with Gasteiger partial charge in [-0.05, 0) is 23.8 Å². The molecule has 2 aromatic carbocycles. The molecule has 4 rings (SSSR count). The summed E-state index contributed by atoms with van der Waals surface area (Å²) in [4.78, 5) is 15.4. The van der Waals surface area contributed by atoms with Crippen molar-refractivity contribution in [1.82, 2.24) is 15.2 Å². The molecule has 0 fully saturated rings. The first-order valence-corrected chi connectivity index (χ1v) is 7.72. The van der Waals surface area contributed by atoms with Gasteiger partial charge < -0.3 is 4.98 Å². The summed E-state index contributed by atoms with van der Waals surface area (Å²) in [5, 5.41) is 6.47. The van der Waals surface area contributed by atoms with Crippen LogP contribution in [0.2, 0.25) is 5.02 Å². The summed E-state index contributed by atoms with van der Waals surface area (Å²) in [5.74, 6) is -1.71. The second-order valence-corrected chi connectivity index (χ2v) is 5.95. The van der Waals surface area contributed by atoms with Gasteiger partial charge in [-0.25, -0.2) is 8.78 Å². The van der Waals surface area contributed by atoms with Crippen molar-refractivity contribution in [3.8, 4) is 22.4 Å². The lowest BCUT2D eigenvalue weighted by molar-refractivity contribution is 0.597. The van der Waals surface area contributed by atoms with Crippen molar-refractivity contribution in [1.29, 1.82) is 0 Å². The normalized spacial score (nSPS) is 11.2. The van der Waals surface area contributed by atoms with Gasteiger partial charge in [0.25, 0.3) is 0 Å². The van der Waals surface area contributed by atoms with Crippen LogP contribution in [0.3, 0.4) is 0 Å². The highest BCUT2D eigenvalue weighted by atomic mass is 35.5. The van der Waals surface area contributed by atoms with E-state index in [0.717, 1.165) is 6.07 Å². The number of hydrogen-bond donors (Lipinski definition) is 2. The van der Waals surface area contributed by atoms with E-state index >= 15 is 0 Å². The van der Waals surface area contributed by atoms with E-state index < -0.39 is 17.1 Å². The lowest BCUT2D eigenvalue weighted by atomic mass is 10.0. The maximum atomic E-state index is 14.8. The summed E-state index contributed by atoms with van der Waals surface area (Å²) in [6.07, 6.45) is 2.66. The minimum atomic E-state index is -0.921. The third-order valence-corrected chi connectivity index (χ3v) is 4.17. The van der Waals surface area contributed by atoms with Gasteiger partial charge in [0.15, 0.2) is 5.43 Å². The van der Waals surface area contributed by atoms with Gasteiger partial charge in [-0.15, -0.1) is 0 Å². The number of rotatable bonds is 2. The third kappa shape index (κ3) is 2.60. The van der Waals surface area contributed by atoms with Gasteiger partial charge in [0.1, 0.15) is 11.6 Å². The average molecular weight is 358 g/mol. The first kappa shape index (κ1) is 15.5. The summed E-state index contributed by atoms with van der Waals surface area (Å²) in [6, 6.07) is 9.20. The lowest BCUT2D eigenvalue weighted by Gasteiger charge is -2.09. The Hall–Kier alpha value is -2.99. The Kier molecular flexibility index (Phi) is 3.62. The van der Waals surface area contributed by atoms with Crippen LogP contribution in [0.15, 0.2) is 53.6 Å². The molecule has 0 amide bonds. The molecule has 0 radical (unpaired) electrons. The minimum Gasteiger partial charge on any atom is -0.354 e. The quantitative estimate of drug-likeness (QED) is 0.554. The van der Waals surface area contributed by atoms with E-state index in [4.69, 9.17) is 11.6 Å². The van der Waals surface area contributed by atoms with E-state index in [-0.39, 0.29) is 22.0 Å². The molecule has 0 saturated heterocycles. The van der Waals surface area contributed by atoms with Crippen LogP contribution in [0.5, 0.6) is 0 Å². The fourth-order valence-corrected chi connectivity index (χ4v) is 3.00. The number of fused-ring (bicyclic) bond motifs is 1. The fourth-order valence-electron chi connectivity index (χ4n) is 2.81. The van der Waals surface area contributed by atoms with E-state index in [2.05, 4.69) is 15.2 Å². The van der Waals surface area contributed by atoms with Gasteiger partial charge in [-0.1, -0.05) is 23.7 Å². The number of pyridine rings is 1. The number of nitrogens with one attached hydrogen (secondary N) is 2. The van der Waals surface area contributed by atoms with Gasteiger partial charge in [-0.3, -0.25) is 9.89 Å². The Balaban J connectivity index is 2.00. The summed E-state index contributed by atoms with van der Waals surface area (Å²) >= 11 is 5.96. The van der Waals surface area contributed by atoms with Crippen LogP contribution in [-0.2, 0) is 0 Å². The Morgan fingerprint density at radius 1 is 1.08 bits per heavy atom. The van der Waals surface area contributed by atoms with E-state index in [1.54, 1.807) is 24.3 Å². The van der Waals surface area contributed by atoms with Crippen molar-refractivity contribution in [2.45, 2.75) is 0 Å². The maximum absolute atomic E-state index is 14.8. The Labute approximate surface area is 145 Å². The second kappa shape index (κ2) is 5.82. The molecule has 124 valence electrons. The summed E-state index contributed by atoms with van der Waals surface area (Å²) in [5.41, 5.74) is 0.536. The predicted octanol–water partition coefficient (Wildman–Crippen LogP) is 4.52. The molecule has 2 N–H and O–H groups in total. The molecule has 7 heteroatoms. The van der Waals surface area contributed by atoms with Gasteiger partial charge in [0.05, 0.1) is 22.7 Å². The molecule has 2 heterocycles. The van der Waals surface area contributed by atoms with Crippen molar-refractivity contribution in [2.24, 2.45) is 0 Å². The standard InChI is InChI=1S/C18H10ClF2N3O/c19-11-3-1-2-9(4-11)13-6-15(25)17-14(24-13)5-12(20)16(18(17)21)10-7-22-23-8-10/h1-8H,(H,22,23)(H,24,25). The number of halogens is 3. The first-order chi connectivity index (χ1) is 12.0. The van der Waals surface area contributed by atoms with Gasteiger partial charge in [-0.2, -0.15) is 5.10 Å². The average Bonchev–Trinajstić information content (AvgIpc) is 3.08. The number of benzene rings is 2. The summed E-state index contributed by atoms with van der Waals surface area (Å²) in [6.45, 7) is 0. The minimum absolute atomic E-state index is 0.0738. The molecule has 0 atom stereocenters. The number of nitrogens with zero attached hydrogens (tertiary/aromatic N) is 1. The van der Waals surface area contributed by atoms with Crippen LogP contribution >= 0.6 is 11.6 Å². The van der Waals surface area contributed by atoms with Crippen LogP contribution in [-0.4, -0.2) is 15.2 Å². The van der Waals surface area contributed by atoms with Crippen LogP contribution in [0.4, 0.5) is 8.78 Å². The van der Waals surface area contributed by atoms with E-state index in [0.29, 0.717) is 16.3 Å². The zero-order chi connectivity index (χ0) is 17.6. The molecule has 0 unspecified atom stereocenters. The molecule has 0 saturated carbocycles. The van der Waals surface area contributed by atoms with E-state index in [1.165, 1.54) is 18.5 Å². The lowest BCUT2D eigenvalue weighted by Crippen LogP contribution is -2.07. The van der Waals surface area contributed by atoms with Crippen LogP contribution in [0.1, 0.15) is 0 Å². The molecule has 0 aliphatic carbocycles. The zero-order valence-electron chi connectivity index (χ0n) is 12.6. The summed E-state index contributed by atoms with van der Waals surface area (Å²) in [7, 11) is 0. The molecule has 25 heavy (non-hydrogen) atoms. The monoisotopic (exact) mass is 357 g/mol. The molecule has 4 aromatic rings. The molecule has 0 spiro atoms. The highest BCUT2D eigenvalue weighted by Gasteiger charge is 2.19. The highest BCUT2D eigenvalue weighted by molar-refractivity contribution is 6.30. The van der Waals surface area contributed by atoms with Gasteiger partial charge in [0.2, 0.25) is 0 Å². The zero-order valence-corrected chi connectivity index (χ0v) is 13.4. The Bertz CT molecular complexity index is 1150. The largest absolute Gasteiger partial charge is 0.354 e. The van der Waals surface area contributed by atoms with Gasteiger partial charge >= 0.3 is 0 Å². The second-order valence-electron chi connectivity index (χ2n) is 5.51. The number of H-pyrrole nitrogens is 2. The topological polar surface area (TPSA) is 61.5 Å². The van der Waals surface area contributed by atoms with Crippen molar-refractivity contribution < 1.29 is 8.78 Å². The fraction of sp³-hybridized carbons (Fsp3) is 0. The molecule has 0 aliphatic rings. The number of hydrogen-bond acceptors (Lipinski definition) is 2. The summed E-state index contributed by atoms with van der Waals surface area (Å²) < 4.78 is 29.3. The number of aromatic nitrogens is 3. The number of aromatic amines is 2. The predicted molar refractivity (Wildman–Crippen MR) is 92.5 cm³/mol. The van der Waals surface area contributed by atoms with Crippen LogP contribution < -0.4 is 5.43 Å². The first-order valence-electron chi connectivity index (χ1n) is 7.34. The SMILES string of the molecule is O=c1cc(-c2cccc(Cl)c2)[nH]c2cc(F)c(-c3cn[nH]c3)c(F)c12. The van der Waals surface area contributed by atoms with Crippen LogP contribution in [0.25, 0.3) is 33.3 Å². The molecular weight excluding hydrogens is 348 g/mol. The third-order valence-electron chi connectivity index (χ3n) is 3.93. The molecular formula is C18H10ClF2N3O. The van der Waals surface area contributed by atoms with Crippen molar-refractivity contribution >= 4 is 22.5 Å². The Morgan fingerprint density at radius 3 is 2.64 bits per heavy atom. The maximum Gasteiger partial charge on any atom is 0.193 e. The van der Waals surface area contributed by atoms with Crippen LogP contribution in [0, 0.1) is 11.6 Å².